The van der Waals surface area contributed by atoms with Crippen LogP contribution in [0.15, 0.2) is 71.6 Å². The van der Waals surface area contributed by atoms with Crippen LogP contribution >= 0.6 is 80.8 Å². The van der Waals surface area contributed by atoms with Crippen molar-refractivity contribution in [2.45, 2.75) is 6.61 Å². The molecule has 3 aromatic carbocycles. The molecule has 0 spiro atoms. The fourth-order valence-electron chi connectivity index (χ4n) is 2.99. The SMILES string of the molecule is O=C1/C(=C/c2cc(I)c(OCc3ccccc3)c(I)c2)SC(=S)N1c1cccc(Cl)c1. The predicted molar refractivity (Wildman–Crippen MR) is 150 cm³/mol. The van der Waals surface area contributed by atoms with Gasteiger partial charge in [-0.15, -0.1) is 0 Å². The summed E-state index contributed by atoms with van der Waals surface area (Å²) in [6, 6.07) is 21.2. The number of hydrogen-bond acceptors (Lipinski definition) is 4. The van der Waals surface area contributed by atoms with Crippen molar-refractivity contribution in [3.05, 3.63) is 94.9 Å². The number of carbonyl (C=O) groups excluding carboxylic acids is 1. The predicted octanol–water partition coefficient (Wildman–Crippen LogP) is 7.53. The van der Waals surface area contributed by atoms with E-state index in [-0.39, 0.29) is 5.91 Å². The summed E-state index contributed by atoms with van der Waals surface area (Å²) >= 11 is 17.4. The van der Waals surface area contributed by atoms with E-state index in [4.69, 9.17) is 28.6 Å². The highest BCUT2D eigenvalue weighted by Gasteiger charge is 2.33. The molecule has 1 saturated heterocycles. The molecular weight excluding hydrogens is 676 g/mol. The number of anilines is 1. The van der Waals surface area contributed by atoms with Gasteiger partial charge in [-0.05, 0) is 92.7 Å². The van der Waals surface area contributed by atoms with E-state index in [1.807, 2.05) is 54.6 Å². The second-order valence-electron chi connectivity index (χ2n) is 6.58. The van der Waals surface area contributed by atoms with Crippen molar-refractivity contribution in [2.75, 3.05) is 4.90 Å². The summed E-state index contributed by atoms with van der Waals surface area (Å²) in [6.45, 7) is 0.504. The molecule has 31 heavy (non-hydrogen) atoms. The number of nitrogens with zero attached hydrogens (tertiary/aromatic N) is 1. The maximum atomic E-state index is 13.0. The standard InChI is InChI=1S/C23H14ClI2NO2S2/c24-16-7-4-8-17(12-16)27-22(28)20(31-23(27)30)11-15-9-18(25)21(19(26)10-15)29-13-14-5-2-1-3-6-14/h1-12H,13H2/b20-11-. The van der Waals surface area contributed by atoms with Crippen molar-refractivity contribution in [2.24, 2.45) is 0 Å². The smallest absolute Gasteiger partial charge is 0.270 e. The first-order chi connectivity index (χ1) is 14.9. The van der Waals surface area contributed by atoms with Crippen LogP contribution in [0, 0.1) is 7.14 Å². The zero-order chi connectivity index (χ0) is 22.0. The minimum absolute atomic E-state index is 0.147. The summed E-state index contributed by atoms with van der Waals surface area (Å²) in [5.41, 5.74) is 2.71. The van der Waals surface area contributed by atoms with Crippen molar-refractivity contribution < 1.29 is 9.53 Å². The molecule has 3 nitrogen and oxygen atoms in total. The Bertz CT molecular complexity index is 1180. The molecule has 1 amide bonds. The van der Waals surface area contributed by atoms with Gasteiger partial charge in [-0.25, -0.2) is 0 Å². The zero-order valence-corrected chi connectivity index (χ0v) is 22.6. The molecule has 0 aromatic heterocycles. The van der Waals surface area contributed by atoms with Gasteiger partial charge in [-0.3, -0.25) is 9.69 Å². The quantitative estimate of drug-likeness (QED) is 0.158. The molecule has 4 rings (SSSR count). The van der Waals surface area contributed by atoms with Gasteiger partial charge in [0.05, 0.1) is 17.7 Å². The van der Waals surface area contributed by atoms with Crippen LogP contribution in [-0.4, -0.2) is 10.2 Å². The lowest BCUT2D eigenvalue weighted by molar-refractivity contribution is -0.113. The van der Waals surface area contributed by atoms with E-state index >= 15 is 0 Å². The zero-order valence-electron chi connectivity index (χ0n) is 15.8. The first-order valence-electron chi connectivity index (χ1n) is 9.11. The van der Waals surface area contributed by atoms with Gasteiger partial charge in [0.25, 0.3) is 5.91 Å². The molecule has 1 heterocycles. The van der Waals surface area contributed by atoms with Gasteiger partial charge in [0.15, 0.2) is 4.32 Å². The molecule has 0 saturated carbocycles. The van der Waals surface area contributed by atoms with E-state index in [0.29, 0.717) is 26.5 Å². The number of thiocarbonyl (C=S) groups is 1. The molecule has 0 bridgehead atoms. The minimum Gasteiger partial charge on any atom is -0.487 e. The highest BCUT2D eigenvalue weighted by molar-refractivity contribution is 14.1. The molecule has 0 N–H and O–H groups in total. The Kier molecular flexibility index (Phi) is 7.58. The molecule has 1 aliphatic heterocycles. The van der Waals surface area contributed by atoms with E-state index in [1.54, 1.807) is 18.2 Å². The summed E-state index contributed by atoms with van der Waals surface area (Å²) in [6.07, 6.45) is 1.87. The first-order valence-corrected chi connectivity index (χ1v) is 12.9. The minimum atomic E-state index is -0.147. The first kappa shape index (κ1) is 23.0. The van der Waals surface area contributed by atoms with Gasteiger partial charge in [-0.1, -0.05) is 72.0 Å². The Morgan fingerprint density at radius 3 is 2.42 bits per heavy atom. The summed E-state index contributed by atoms with van der Waals surface area (Å²) < 4.78 is 8.51. The Hall–Kier alpha value is -1.14. The van der Waals surface area contributed by atoms with Gasteiger partial charge in [0.1, 0.15) is 12.4 Å². The molecule has 0 atom stereocenters. The van der Waals surface area contributed by atoms with E-state index in [0.717, 1.165) is 24.0 Å². The molecule has 0 radical (unpaired) electrons. The van der Waals surface area contributed by atoms with Crippen molar-refractivity contribution in [1.82, 2.24) is 0 Å². The number of thioether (sulfide) groups is 1. The lowest BCUT2D eigenvalue weighted by Gasteiger charge is -2.14. The third-order valence-corrected chi connectivity index (χ3v) is 7.54. The highest BCUT2D eigenvalue weighted by atomic mass is 127. The third kappa shape index (κ3) is 5.44. The molecule has 156 valence electrons. The van der Waals surface area contributed by atoms with Crippen LogP contribution in [0.2, 0.25) is 5.02 Å². The summed E-state index contributed by atoms with van der Waals surface area (Å²) in [4.78, 5) is 15.1. The molecule has 8 heteroatoms. The third-order valence-electron chi connectivity index (χ3n) is 4.40. The van der Waals surface area contributed by atoms with Crippen LogP contribution < -0.4 is 9.64 Å². The maximum absolute atomic E-state index is 13.0. The normalized spacial score (nSPS) is 15.1. The van der Waals surface area contributed by atoms with E-state index < -0.39 is 0 Å². The fraction of sp³-hybridized carbons (Fsp3) is 0.0435. The van der Waals surface area contributed by atoms with Crippen molar-refractivity contribution in [3.8, 4) is 5.75 Å². The van der Waals surface area contributed by atoms with Crippen LogP contribution in [0.25, 0.3) is 6.08 Å². The summed E-state index contributed by atoms with van der Waals surface area (Å²) in [5, 5.41) is 0.561. The van der Waals surface area contributed by atoms with E-state index in [9.17, 15) is 4.79 Å². The summed E-state index contributed by atoms with van der Waals surface area (Å²) in [5.74, 6) is 0.695. The molecule has 3 aromatic rings. The Morgan fingerprint density at radius 2 is 1.74 bits per heavy atom. The van der Waals surface area contributed by atoms with E-state index in [1.165, 1.54) is 16.7 Å². The second kappa shape index (κ2) is 10.2. The van der Waals surface area contributed by atoms with Crippen molar-refractivity contribution >= 4 is 103 Å². The van der Waals surface area contributed by atoms with Crippen LogP contribution in [0.4, 0.5) is 5.69 Å². The number of ether oxygens (including phenoxy) is 1. The molecule has 0 unspecified atom stereocenters. The van der Waals surface area contributed by atoms with Gasteiger partial charge >= 0.3 is 0 Å². The molecular formula is C23H14ClI2NO2S2. The Balaban J connectivity index is 1.56. The molecule has 1 aliphatic rings. The number of halogens is 3. The molecule has 1 fully saturated rings. The monoisotopic (exact) mass is 689 g/mol. The largest absolute Gasteiger partial charge is 0.487 e. The average Bonchev–Trinajstić information content (AvgIpc) is 3.01. The van der Waals surface area contributed by atoms with Crippen LogP contribution in [0.5, 0.6) is 5.75 Å². The average molecular weight is 690 g/mol. The van der Waals surface area contributed by atoms with Crippen LogP contribution in [0.1, 0.15) is 11.1 Å². The second-order valence-corrected chi connectivity index (χ2v) is 11.0. The number of benzene rings is 3. The lowest BCUT2D eigenvalue weighted by atomic mass is 10.2. The topological polar surface area (TPSA) is 29.5 Å². The van der Waals surface area contributed by atoms with E-state index in [2.05, 4.69) is 45.2 Å². The van der Waals surface area contributed by atoms with Gasteiger partial charge in [0, 0.05) is 5.02 Å². The number of amides is 1. The maximum Gasteiger partial charge on any atom is 0.270 e. The Labute approximate surface area is 222 Å². The van der Waals surface area contributed by atoms with Crippen molar-refractivity contribution in [1.29, 1.82) is 0 Å². The molecule has 0 aliphatic carbocycles. The Morgan fingerprint density at radius 1 is 1.03 bits per heavy atom. The number of carbonyl (C=O) groups is 1. The van der Waals surface area contributed by atoms with Crippen molar-refractivity contribution in [3.63, 3.8) is 0 Å². The lowest BCUT2D eigenvalue weighted by Crippen LogP contribution is -2.27. The summed E-state index contributed by atoms with van der Waals surface area (Å²) in [7, 11) is 0. The van der Waals surface area contributed by atoms with Gasteiger partial charge in [-0.2, -0.15) is 0 Å². The fourth-order valence-corrected chi connectivity index (χ4v) is 6.60. The van der Waals surface area contributed by atoms with Crippen LogP contribution in [0.3, 0.4) is 0 Å². The van der Waals surface area contributed by atoms with Crippen LogP contribution in [-0.2, 0) is 11.4 Å². The number of hydrogen-bond donors (Lipinski definition) is 0. The van der Waals surface area contributed by atoms with Gasteiger partial charge in [0.2, 0.25) is 0 Å². The van der Waals surface area contributed by atoms with Gasteiger partial charge < -0.3 is 4.74 Å². The number of rotatable bonds is 5. The highest BCUT2D eigenvalue weighted by Crippen LogP contribution is 2.38.